The normalized spacial score (nSPS) is 10.4. The van der Waals surface area contributed by atoms with Crippen molar-refractivity contribution in [2.75, 3.05) is 5.75 Å². The fourth-order valence-electron chi connectivity index (χ4n) is 1.34. The largest absolute Gasteiger partial charge is 0.481 e. The van der Waals surface area contributed by atoms with Gasteiger partial charge in [-0.3, -0.25) is 9.59 Å². The van der Waals surface area contributed by atoms with Gasteiger partial charge in [0.25, 0.3) is 5.56 Å². The zero-order chi connectivity index (χ0) is 12.7. The zero-order valence-electron chi connectivity index (χ0n) is 9.73. The summed E-state index contributed by atoms with van der Waals surface area (Å²) in [7, 11) is 0. The maximum absolute atomic E-state index is 11.1. The topological polar surface area (TPSA) is 83.0 Å². The quantitative estimate of drug-likeness (QED) is 0.441. The van der Waals surface area contributed by atoms with E-state index >= 15 is 0 Å². The highest BCUT2D eigenvalue weighted by molar-refractivity contribution is 7.99. The number of aliphatic carboxylic acids is 1. The number of nitrogens with zero attached hydrogens (tertiary/aromatic N) is 1. The minimum absolute atomic E-state index is 0.133. The Bertz CT molecular complexity index is 431. The van der Waals surface area contributed by atoms with Crippen LogP contribution in [0.1, 0.15) is 31.4 Å². The van der Waals surface area contributed by atoms with Gasteiger partial charge in [-0.15, -0.1) is 0 Å². The number of hydrogen-bond acceptors (Lipinski definition) is 4. The number of hydrogen-bond donors (Lipinski definition) is 2. The fraction of sp³-hybridized carbons (Fsp3) is 0.545. The average molecular weight is 256 g/mol. The van der Waals surface area contributed by atoms with Crippen LogP contribution in [0.3, 0.4) is 0 Å². The third-order valence-electron chi connectivity index (χ3n) is 2.12. The summed E-state index contributed by atoms with van der Waals surface area (Å²) in [6, 6.07) is 1.46. The summed E-state index contributed by atoms with van der Waals surface area (Å²) in [5, 5.41) is 9.09. The lowest BCUT2D eigenvalue weighted by atomic mass is 10.2. The van der Waals surface area contributed by atoms with Crippen molar-refractivity contribution in [1.29, 1.82) is 0 Å². The van der Waals surface area contributed by atoms with Crippen LogP contribution >= 0.6 is 11.8 Å². The van der Waals surface area contributed by atoms with Crippen LogP contribution in [0.4, 0.5) is 0 Å². The molecule has 0 aliphatic heterocycles. The van der Waals surface area contributed by atoms with Crippen molar-refractivity contribution in [2.24, 2.45) is 0 Å². The van der Waals surface area contributed by atoms with E-state index in [1.54, 1.807) is 6.92 Å². The van der Waals surface area contributed by atoms with E-state index in [1.165, 1.54) is 17.8 Å². The predicted molar refractivity (Wildman–Crippen MR) is 66.4 cm³/mol. The number of carboxylic acids is 1. The number of carboxylic acid groups (broad SMARTS) is 1. The lowest BCUT2D eigenvalue weighted by molar-refractivity contribution is -0.137. The van der Waals surface area contributed by atoms with Gasteiger partial charge < -0.3 is 10.1 Å². The van der Waals surface area contributed by atoms with Crippen LogP contribution in [-0.4, -0.2) is 26.8 Å². The molecule has 6 heteroatoms. The van der Waals surface area contributed by atoms with E-state index in [2.05, 4.69) is 9.97 Å². The van der Waals surface area contributed by atoms with E-state index in [9.17, 15) is 9.59 Å². The first-order valence-electron chi connectivity index (χ1n) is 5.50. The molecule has 0 aromatic carbocycles. The lowest BCUT2D eigenvalue weighted by Crippen LogP contribution is -2.08. The molecule has 0 saturated heterocycles. The molecule has 1 aromatic rings. The molecule has 1 aromatic heterocycles. The number of aromatic amines is 1. The van der Waals surface area contributed by atoms with Crippen LogP contribution in [-0.2, 0) is 4.79 Å². The number of aryl methyl sites for hydroxylation is 1. The molecule has 0 spiro atoms. The van der Waals surface area contributed by atoms with Crippen LogP contribution in [0.2, 0.25) is 0 Å². The standard InChI is InChI=1S/C11H16N2O3S/c1-8-7-9(14)13-11(12-8)17-6-4-2-3-5-10(15)16/h7H,2-6H2,1H3,(H,15,16)(H,12,13,14). The lowest BCUT2D eigenvalue weighted by Gasteiger charge is -2.01. The van der Waals surface area contributed by atoms with E-state index in [1.807, 2.05) is 0 Å². The summed E-state index contributed by atoms with van der Waals surface area (Å²) in [4.78, 5) is 28.3. The molecule has 0 fully saturated rings. The van der Waals surface area contributed by atoms with Gasteiger partial charge in [-0.25, -0.2) is 4.98 Å². The number of unbranched alkanes of at least 4 members (excludes halogenated alkanes) is 2. The monoisotopic (exact) mass is 256 g/mol. The second-order valence-corrected chi connectivity index (χ2v) is 4.83. The molecule has 17 heavy (non-hydrogen) atoms. The molecule has 0 aliphatic rings. The Morgan fingerprint density at radius 3 is 2.88 bits per heavy atom. The smallest absolute Gasteiger partial charge is 0.303 e. The van der Waals surface area contributed by atoms with Crippen molar-refractivity contribution in [3.63, 3.8) is 0 Å². The SMILES string of the molecule is Cc1cc(=O)[nH]c(SCCCCCC(=O)O)n1. The Hall–Kier alpha value is -1.30. The van der Waals surface area contributed by atoms with Crippen LogP contribution in [0, 0.1) is 6.92 Å². The number of rotatable bonds is 7. The molecule has 94 valence electrons. The highest BCUT2D eigenvalue weighted by Gasteiger charge is 2.00. The Morgan fingerprint density at radius 2 is 2.24 bits per heavy atom. The second-order valence-electron chi connectivity index (χ2n) is 3.74. The predicted octanol–water partition coefficient (Wildman–Crippen LogP) is 1.82. The van der Waals surface area contributed by atoms with Crippen LogP contribution in [0.15, 0.2) is 16.0 Å². The Balaban J connectivity index is 2.22. The highest BCUT2D eigenvalue weighted by Crippen LogP contribution is 2.14. The Kier molecular flexibility index (Phi) is 5.76. The van der Waals surface area contributed by atoms with Crippen molar-refractivity contribution < 1.29 is 9.90 Å². The molecule has 2 N–H and O–H groups in total. The van der Waals surface area contributed by atoms with E-state index in [4.69, 9.17) is 5.11 Å². The van der Waals surface area contributed by atoms with Crippen molar-refractivity contribution in [2.45, 2.75) is 37.8 Å². The number of carbonyl (C=O) groups is 1. The molecule has 0 unspecified atom stereocenters. The van der Waals surface area contributed by atoms with E-state index < -0.39 is 5.97 Å². The molecular formula is C11H16N2O3S. The van der Waals surface area contributed by atoms with Crippen LogP contribution in [0.5, 0.6) is 0 Å². The second kappa shape index (κ2) is 7.11. The minimum Gasteiger partial charge on any atom is -0.481 e. The molecule has 0 aliphatic carbocycles. The van der Waals surface area contributed by atoms with Gasteiger partial charge in [0, 0.05) is 23.9 Å². The van der Waals surface area contributed by atoms with E-state index in [-0.39, 0.29) is 12.0 Å². The number of thioether (sulfide) groups is 1. The summed E-state index contributed by atoms with van der Waals surface area (Å²) in [5.41, 5.74) is 0.577. The Morgan fingerprint density at radius 1 is 1.47 bits per heavy atom. The Labute approximate surface area is 104 Å². The molecule has 1 heterocycles. The first-order chi connectivity index (χ1) is 8.08. The third kappa shape index (κ3) is 6.11. The number of H-pyrrole nitrogens is 1. The molecule has 0 atom stereocenters. The van der Waals surface area contributed by atoms with Gasteiger partial charge in [0.15, 0.2) is 5.16 Å². The zero-order valence-corrected chi connectivity index (χ0v) is 10.5. The molecule has 0 bridgehead atoms. The first kappa shape index (κ1) is 13.8. The van der Waals surface area contributed by atoms with E-state index in [0.717, 1.165) is 18.6 Å². The van der Waals surface area contributed by atoms with Crippen LogP contribution < -0.4 is 5.56 Å². The third-order valence-corrected chi connectivity index (χ3v) is 3.08. The average Bonchev–Trinajstić information content (AvgIpc) is 2.21. The highest BCUT2D eigenvalue weighted by atomic mass is 32.2. The van der Waals surface area contributed by atoms with Gasteiger partial charge in [-0.2, -0.15) is 0 Å². The van der Waals surface area contributed by atoms with Gasteiger partial charge in [0.2, 0.25) is 0 Å². The van der Waals surface area contributed by atoms with Gasteiger partial charge in [0.1, 0.15) is 0 Å². The van der Waals surface area contributed by atoms with Crippen molar-refractivity contribution in [3.05, 3.63) is 22.1 Å². The van der Waals surface area contributed by atoms with Crippen LogP contribution in [0.25, 0.3) is 0 Å². The molecule has 5 nitrogen and oxygen atoms in total. The summed E-state index contributed by atoms with van der Waals surface area (Å²) >= 11 is 1.49. The molecule has 0 saturated carbocycles. The van der Waals surface area contributed by atoms with Crippen molar-refractivity contribution in [3.8, 4) is 0 Å². The fourth-order valence-corrected chi connectivity index (χ4v) is 2.27. The molecule has 0 radical (unpaired) electrons. The molecule has 0 amide bonds. The summed E-state index contributed by atoms with van der Waals surface area (Å²) in [5.74, 6) is 0.0915. The summed E-state index contributed by atoms with van der Waals surface area (Å²) < 4.78 is 0. The van der Waals surface area contributed by atoms with E-state index in [0.29, 0.717) is 17.3 Å². The molecular weight excluding hydrogens is 240 g/mol. The minimum atomic E-state index is -0.748. The van der Waals surface area contributed by atoms with Crippen molar-refractivity contribution in [1.82, 2.24) is 9.97 Å². The maximum atomic E-state index is 11.1. The first-order valence-corrected chi connectivity index (χ1v) is 6.49. The van der Waals surface area contributed by atoms with Crippen molar-refractivity contribution >= 4 is 17.7 Å². The summed E-state index contributed by atoms with van der Waals surface area (Å²) in [6.07, 6.45) is 2.74. The number of aromatic nitrogens is 2. The van der Waals surface area contributed by atoms with Gasteiger partial charge >= 0.3 is 5.97 Å². The number of nitrogens with one attached hydrogen (secondary N) is 1. The van der Waals surface area contributed by atoms with Gasteiger partial charge in [-0.05, 0) is 19.8 Å². The molecule has 1 rings (SSSR count). The van der Waals surface area contributed by atoms with Gasteiger partial charge in [0.05, 0.1) is 0 Å². The summed E-state index contributed by atoms with van der Waals surface area (Å²) in [6.45, 7) is 1.78. The van der Waals surface area contributed by atoms with Gasteiger partial charge in [-0.1, -0.05) is 18.2 Å². The maximum Gasteiger partial charge on any atom is 0.303 e.